The standard InChI is InChI=1S/C28H46N2O6S2/c1-4-6-8-18-30(19-9-7-5-2)38(33,34)36-27-15-14-26-25-12-10-21-20-22(35-37(29,31)32)11-13-23(21)24(25)16-17-28(26,27)3/h11,13,20,24-27H,4-10,12,14-19H2,1-3H3,(H2,29,31,32)/t24?,25?,26?,27-,28-/m0/s1. The van der Waals surface area contributed by atoms with Crippen LogP contribution in [0.25, 0.3) is 0 Å². The maximum atomic E-state index is 13.5. The Morgan fingerprint density at radius 2 is 1.66 bits per heavy atom. The van der Waals surface area contributed by atoms with Gasteiger partial charge in [0.2, 0.25) is 0 Å². The highest BCUT2D eigenvalue weighted by atomic mass is 32.2. The van der Waals surface area contributed by atoms with Gasteiger partial charge in [0.25, 0.3) is 0 Å². The van der Waals surface area contributed by atoms with Crippen LogP contribution in [0.15, 0.2) is 18.2 Å². The molecule has 0 aliphatic heterocycles. The number of hydrogen-bond donors (Lipinski definition) is 1. The van der Waals surface area contributed by atoms with E-state index < -0.39 is 20.6 Å². The molecule has 2 N–H and O–H groups in total. The van der Waals surface area contributed by atoms with Gasteiger partial charge in [0.05, 0.1) is 6.10 Å². The summed E-state index contributed by atoms with van der Waals surface area (Å²) in [7, 11) is -7.85. The second-order valence-electron chi connectivity index (χ2n) is 11.8. The Kier molecular flexibility index (Phi) is 9.50. The molecule has 0 bridgehead atoms. The predicted molar refractivity (Wildman–Crippen MR) is 149 cm³/mol. The highest BCUT2D eigenvalue weighted by Crippen LogP contribution is 2.61. The molecule has 216 valence electrons. The zero-order valence-electron chi connectivity index (χ0n) is 23.2. The largest absolute Gasteiger partial charge is 0.380 e. The number of fused-ring (bicyclic) bond motifs is 5. The minimum Gasteiger partial charge on any atom is -0.371 e. The summed E-state index contributed by atoms with van der Waals surface area (Å²) in [5, 5.41) is 5.05. The minimum atomic E-state index is -4.05. The number of unbranched alkanes of at least 4 members (excludes halogenated alkanes) is 4. The normalized spacial score (nSPS) is 29.1. The lowest BCUT2D eigenvalue weighted by Crippen LogP contribution is -2.46. The Morgan fingerprint density at radius 3 is 2.29 bits per heavy atom. The monoisotopic (exact) mass is 570 g/mol. The van der Waals surface area contributed by atoms with Gasteiger partial charge in [0.1, 0.15) is 5.75 Å². The Bertz CT molecular complexity index is 1160. The van der Waals surface area contributed by atoms with Crippen molar-refractivity contribution in [2.24, 2.45) is 22.4 Å². The average Bonchev–Trinajstić information content (AvgIpc) is 3.17. The molecule has 2 saturated carbocycles. The van der Waals surface area contributed by atoms with Crippen LogP contribution in [-0.2, 0) is 31.2 Å². The predicted octanol–water partition coefficient (Wildman–Crippen LogP) is 5.44. The first-order valence-electron chi connectivity index (χ1n) is 14.5. The maximum absolute atomic E-state index is 13.5. The van der Waals surface area contributed by atoms with E-state index in [0.717, 1.165) is 82.6 Å². The van der Waals surface area contributed by atoms with Crippen LogP contribution in [0.2, 0.25) is 0 Å². The lowest BCUT2D eigenvalue weighted by Gasteiger charge is -2.50. The summed E-state index contributed by atoms with van der Waals surface area (Å²) in [5.74, 6) is 1.51. The second-order valence-corrected chi connectivity index (χ2v) is 14.5. The smallest absolute Gasteiger partial charge is 0.371 e. The number of benzene rings is 1. The second kappa shape index (κ2) is 12.1. The van der Waals surface area contributed by atoms with Crippen LogP contribution in [0.3, 0.4) is 0 Å². The van der Waals surface area contributed by atoms with Crippen LogP contribution >= 0.6 is 0 Å². The third-order valence-corrected chi connectivity index (χ3v) is 11.3. The van der Waals surface area contributed by atoms with Gasteiger partial charge in [-0.05, 0) is 97.8 Å². The van der Waals surface area contributed by atoms with Gasteiger partial charge in [0, 0.05) is 13.1 Å². The number of nitrogens with two attached hydrogens (primary N) is 1. The van der Waals surface area contributed by atoms with Crippen molar-refractivity contribution in [3.05, 3.63) is 29.3 Å². The topological polar surface area (TPSA) is 116 Å². The third kappa shape index (κ3) is 6.57. The molecular weight excluding hydrogens is 524 g/mol. The average molecular weight is 571 g/mol. The zero-order chi connectivity index (χ0) is 27.6. The molecule has 2 fully saturated rings. The molecule has 5 atom stereocenters. The van der Waals surface area contributed by atoms with E-state index in [9.17, 15) is 16.8 Å². The van der Waals surface area contributed by atoms with Gasteiger partial charge in [-0.15, -0.1) is 0 Å². The van der Waals surface area contributed by atoms with E-state index in [1.54, 1.807) is 10.4 Å². The zero-order valence-corrected chi connectivity index (χ0v) is 24.9. The molecule has 0 amide bonds. The van der Waals surface area contributed by atoms with Gasteiger partial charge >= 0.3 is 20.6 Å². The Balaban J connectivity index is 1.47. The summed E-state index contributed by atoms with van der Waals surface area (Å²) in [4.78, 5) is 0. The van der Waals surface area contributed by atoms with E-state index >= 15 is 0 Å². The molecule has 0 radical (unpaired) electrons. The van der Waals surface area contributed by atoms with Crippen molar-refractivity contribution in [1.82, 2.24) is 4.31 Å². The fourth-order valence-corrected chi connectivity index (χ4v) is 9.28. The van der Waals surface area contributed by atoms with Gasteiger partial charge < -0.3 is 4.18 Å². The van der Waals surface area contributed by atoms with Crippen molar-refractivity contribution >= 4 is 20.6 Å². The summed E-state index contributed by atoms with van der Waals surface area (Å²) < 4.78 is 62.4. The molecule has 0 heterocycles. The van der Waals surface area contributed by atoms with E-state index in [-0.39, 0.29) is 17.3 Å². The third-order valence-electron chi connectivity index (χ3n) is 9.40. The SMILES string of the molecule is CCCCCN(CCCCC)S(=O)(=O)O[C@H]1CCC2C3CCc4cc(OS(N)(=O)=O)ccc4C3CC[C@@]21C. The van der Waals surface area contributed by atoms with Crippen molar-refractivity contribution in [3.63, 3.8) is 0 Å². The lowest BCUT2D eigenvalue weighted by molar-refractivity contribution is -0.0111. The molecule has 8 nitrogen and oxygen atoms in total. The summed E-state index contributed by atoms with van der Waals surface area (Å²) in [5.41, 5.74) is 2.22. The Hall–Kier alpha value is -1.20. The number of hydrogen-bond acceptors (Lipinski definition) is 6. The molecule has 0 aromatic heterocycles. The van der Waals surface area contributed by atoms with E-state index in [0.29, 0.717) is 30.8 Å². The van der Waals surface area contributed by atoms with Crippen molar-refractivity contribution < 1.29 is 25.2 Å². The maximum Gasteiger partial charge on any atom is 0.380 e. The van der Waals surface area contributed by atoms with Crippen LogP contribution in [-0.4, -0.2) is 40.3 Å². The van der Waals surface area contributed by atoms with Gasteiger partial charge in [0.15, 0.2) is 0 Å². The molecule has 3 aliphatic carbocycles. The van der Waals surface area contributed by atoms with Gasteiger partial charge in [-0.1, -0.05) is 52.5 Å². The molecule has 1 aromatic rings. The molecular formula is C28H46N2O6S2. The lowest BCUT2D eigenvalue weighted by atomic mass is 9.55. The van der Waals surface area contributed by atoms with Crippen LogP contribution < -0.4 is 9.32 Å². The van der Waals surface area contributed by atoms with Crippen LogP contribution in [0.1, 0.15) is 108 Å². The van der Waals surface area contributed by atoms with Crippen LogP contribution in [0.4, 0.5) is 0 Å². The van der Waals surface area contributed by atoms with E-state index in [2.05, 4.69) is 20.8 Å². The van der Waals surface area contributed by atoms with Gasteiger partial charge in [-0.25, -0.2) is 0 Å². The van der Waals surface area contributed by atoms with E-state index in [4.69, 9.17) is 13.5 Å². The quantitative estimate of drug-likeness (QED) is 0.316. The first kappa shape index (κ1) is 29.8. The van der Waals surface area contributed by atoms with Crippen molar-refractivity contribution in [1.29, 1.82) is 0 Å². The van der Waals surface area contributed by atoms with Gasteiger partial charge in [-0.3, -0.25) is 4.18 Å². The van der Waals surface area contributed by atoms with Crippen LogP contribution in [0.5, 0.6) is 5.75 Å². The molecule has 4 rings (SSSR count). The minimum absolute atomic E-state index is 0.166. The number of rotatable bonds is 13. The number of aryl methyl sites for hydroxylation is 1. The summed E-state index contributed by atoms with van der Waals surface area (Å²) >= 11 is 0. The van der Waals surface area contributed by atoms with Crippen molar-refractivity contribution in [2.45, 2.75) is 110 Å². The molecule has 0 spiro atoms. The van der Waals surface area contributed by atoms with E-state index in [1.165, 1.54) is 5.56 Å². The Morgan fingerprint density at radius 1 is 0.974 bits per heavy atom. The molecule has 3 aliphatic rings. The van der Waals surface area contributed by atoms with Crippen LogP contribution in [0, 0.1) is 17.3 Å². The molecule has 0 saturated heterocycles. The van der Waals surface area contributed by atoms with Gasteiger partial charge in [-0.2, -0.15) is 26.3 Å². The highest BCUT2D eigenvalue weighted by Gasteiger charge is 2.56. The van der Waals surface area contributed by atoms with E-state index in [1.807, 2.05) is 12.1 Å². The fourth-order valence-electron chi connectivity index (χ4n) is 7.47. The number of nitrogens with zero attached hydrogens (tertiary/aromatic N) is 1. The Labute approximate surface area is 230 Å². The summed E-state index contributed by atoms with van der Waals surface area (Å²) in [6.45, 7) is 7.57. The molecule has 1 aromatic carbocycles. The fraction of sp³-hybridized carbons (Fsp3) is 0.786. The summed E-state index contributed by atoms with van der Waals surface area (Å²) in [6, 6.07) is 5.49. The summed E-state index contributed by atoms with van der Waals surface area (Å²) in [6.07, 6.45) is 11.1. The molecule has 10 heteroatoms. The van der Waals surface area contributed by atoms with Crippen molar-refractivity contribution in [3.8, 4) is 5.75 Å². The highest BCUT2D eigenvalue weighted by molar-refractivity contribution is 7.84. The molecule has 3 unspecified atom stereocenters. The first-order valence-corrected chi connectivity index (χ1v) is 17.4. The van der Waals surface area contributed by atoms with Crippen molar-refractivity contribution in [2.75, 3.05) is 13.1 Å². The molecule has 38 heavy (non-hydrogen) atoms. The first-order chi connectivity index (χ1) is 18.0.